The lowest BCUT2D eigenvalue weighted by Crippen LogP contribution is -1.99. The third kappa shape index (κ3) is 3.07. The second-order valence-electron chi connectivity index (χ2n) is 2.71. The topological polar surface area (TPSA) is 54.4 Å². The van der Waals surface area contributed by atoms with E-state index in [4.69, 9.17) is 5.11 Å². The minimum Gasteiger partial charge on any atom is -0.481 e. The lowest BCUT2D eigenvalue weighted by atomic mass is 10.1. The van der Waals surface area contributed by atoms with Crippen molar-refractivity contribution in [1.29, 1.82) is 0 Å². The molecule has 0 unspecified atom stereocenters. The Balaban J connectivity index is 2.69. The minimum atomic E-state index is -0.852. The highest BCUT2D eigenvalue weighted by Crippen LogP contribution is 2.04. The Labute approximate surface area is 76.0 Å². The van der Waals surface area contributed by atoms with Crippen molar-refractivity contribution in [2.24, 2.45) is 0 Å². The average molecular weight is 177 g/mol. The first-order chi connectivity index (χ1) is 6.22. The molecule has 1 aromatic carbocycles. The summed E-state index contributed by atoms with van der Waals surface area (Å²) in [5.74, 6) is -0.852. The average Bonchev–Trinajstić information content (AvgIpc) is 2.08. The first-order valence-electron chi connectivity index (χ1n) is 3.87. The van der Waals surface area contributed by atoms with Gasteiger partial charge in [-0.15, -0.1) is 0 Å². The van der Waals surface area contributed by atoms with Gasteiger partial charge in [-0.3, -0.25) is 9.59 Å². The Morgan fingerprint density at radius 3 is 2.23 bits per heavy atom. The van der Waals surface area contributed by atoms with E-state index < -0.39 is 5.97 Å². The molecule has 1 radical (unpaired) electrons. The molecule has 0 saturated carbocycles. The molecule has 1 rings (SSSR count). The standard InChI is InChI=1S/C10H9O3/c11-6-5-8-1-3-9(4-2-8)7-10(12)13/h1-4H,5,7H2,(H,12,13). The zero-order valence-corrected chi connectivity index (χ0v) is 6.99. The van der Waals surface area contributed by atoms with Gasteiger partial charge in [-0.2, -0.15) is 0 Å². The fourth-order valence-electron chi connectivity index (χ4n) is 1.03. The SMILES string of the molecule is O=[C]Cc1ccc(CC(=O)O)cc1. The van der Waals surface area contributed by atoms with Gasteiger partial charge in [0.15, 0.2) is 0 Å². The van der Waals surface area contributed by atoms with Crippen LogP contribution in [0.25, 0.3) is 0 Å². The summed E-state index contributed by atoms with van der Waals surface area (Å²) in [6, 6.07) is 6.90. The van der Waals surface area contributed by atoms with Crippen LogP contribution in [0.3, 0.4) is 0 Å². The Kier molecular flexibility index (Phi) is 3.20. The van der Waals surface area contributed by atoms with E-state index in [-0.39, 0.29) is 12.8 Å². The zero-order chi connectivity index (χ0) is 9.68. The number of rotatable bonds is 4. The predicted molar refractivity (Wildman–Crippen MR) is 47.2 cm³/mol. The number of carbonyl (C=O) groups is 1. The lowest BCUT2D eigenvalue weighted by Gasteiger charge is -1.97. The lowest BCUT2D eigenvalue weighted by molar-refractivity contribution is -0.136. The molecule has 1 N–H and O–H groups in total. The van der Waals surface area contributed by atoms with Crippen molar-refractivity contribution in [2.75, 3.05) is 0 Å². The predicted octanol–water partition coefficient (Wildman–Crippen LogP) is 0.966. The first kappa shape index (κ1) is 9.45. The van der Waals surface area contributed by atoms with E-state index >= 15 is 0 Å². The van der Waals surface area contributed by atoms with Gasteiger partial charge >= 0.3 is 5.97 Å². The molecule has 3 heteroatoms. The van der Waals surface area contributed by atoms with Crippen molar-refractivity contribution >= 4 is 12.3 Å². The van der Waals surface area contributed by atoms with E-state index in [0.29, 0.717) is 0 Å². The van der Waals surface area contributed by atoms with E-state index in [1.807, 2.05) is 0 Å². The van der Waals surface area contributed by atoms with Gasteiger partial charge in [0, 0.05) is 6.42 Å². The fraction of sp³-hybridized carbons (Fsp3) is 0.200. The monoisotopic (exact) mass is 177 g/mol. The molecule has 0 heterocycles. The second kappa shape index (κ2) is 4.40. The van der Waals surface area contributed by atoms with E-state index in [2.05, 4.69) is 0 Å². The molecule has 0 spiro atoms. The van der Waals surface area contributed by atoms with Crippen molar-refractivity contribution in [1.82, 2.24) is 0 Å². The van der Waals surface area contributed by atoms with Crippen LogP contribution in [-0.4, -0.2) is 17.4 Å². The normalized spacial score (nSPS) is 9.54. The maximum absolute atomic E-state index is 10.3. The van der Waals surface area contributed by atoms with Crippen molar-refractivity contribution < 1.29 is 14.7 Å². The number of aliphatic carboxylic acids is 1. The van der Waals surface area contributed by atoms with Gasteiger partial charge in [0.05, 0.1) is 6.42 Å². The molecule has 0 atom stereocenters. The summed E-state index contributed by atoms with van der Waals surface area (Å²) < 4.78 is 0. The van der Waals surface area contributed by atoms with Crippen molar-refractivity contribution in [3.05, 3.63) is 35.4 Å². The number of hydrogen-bond donors (Lipinski definition) is 1. The summed E-state index contributed by atoms with van der Waals surface area (Å²) in [6.45, 7) is 0. The van der Waals surface area contributed by atoms with Crippen LogP contribution < -0.4 is 0 Å². The fourth-order valence-corrected chi connectivity index (χ4v) is 1.03. The van der Waals surface area contributed by atoms with Crippen LogP contribution in [0.15, 0.2) is 24.3 Å². The molecule has 0 aliphatic carbocycles. The van der Waals surface area contributed by atoms with Crippen LogP contribution in [0.5, 0.6) is 0 Å². The Morgan fingerprint density at radius 2 is 1.77 bits per heavy atom. The highest BCUT2D eigenvalue weighted by Gasteiger charge is 1.99. The summed E-state index contributed by atoms with van der Waals surface area (Å²) in [6.07, 6.45) is 2.05. The molecule has 13 heavy (non-hydrogen) atoms. The smallest absolute Gasteiger partial charge is 0.307 e. The van der Waals surface area contributed by atoms with Gasteiger partial charge < -0.3 is 5.11 Å². The summed E-state index contributed by atoms with van der Waals surface area (Å²) in [4.78, 5) is 20.3. The van der Waals surface area contributed by atoms with Crippen LogP contribution in [0.2, 0.25) is 0 Å². The van der Waals surface area contributed by atoms with Gasteiger partial charge in [0.1, 0.15) is 0 Å². The van der Waals surface area contributed by atoms with E-state index in [1.165, 1.54) is 0 Å². The van der Waals surface area contributed by atoms with E-state index in [9.17, 15) is 9.59 Å². The van der Waals surface area contributed by atoms with Crippen LogP contribution in [0.1, 0.15) is 11.1 Å². The molecule has 0 bridgehead atoms. The molecular weight excluding hydrogens is 168 g/mol. The van der Waals surface area contributed by atoms with Gasteiger partial charge in [-0.1, -0.05) is 24.3 Å². The number of benzene rings is 1. The number of hydrogen-bond acceptors (Lipinski definition) is 2. The van der Waals surface area contributed by atoms with Crippen molar-refractivity contribution in [2.45, 2.75) is 12.8 Å². The van der Waals surface area contributed by atoms with Crippen molar-refractivity contribution in [3.8, 4) is 0 Å². The number of carboxylic acid groups (broad SMARTS) is 1. The van der Waals surface area contributed by atoms with E-state index in [1.54, 1.807) is 30.6 Å². The highest BCUT2D eigenvalue weighted by atomic mass is 16.4. The molecule has 0 fully saturated rings. The molecule has 0 aromatic heterocycles. The summed E-state index contributed by atoms with van der Waals surface area (Å²) in [7, 11) is 0. The maximum atomic E-state index is 10.3. The van der Waals surface area contributed by atoms with Gasteiger partial charge in [0.2, 0.25) is 6.29 Å². The molecule has 67 valence electrons. The van der Waals surface area contributed by atoms with Gasteiger partial charge in [0.25, 0.3) is 0 Å². The summed E-state index contributed by atoms with van der Waals surface area (Å²) >= 11 is 0. The van der Waals surface area contributed by atoms with Gasteiger partial charge in [-0.05, 0) is 11.1 Å². The van der Waals surface area contributed by atoms with Crippen molar-refractivity contribution in [3.63, 3.8) is 0 Å². The minimum absolute atomic E-state index is 0.0189. The molecule has 3 nitrogen and oxygen atoms in total. The third-order valence-corrected chi connectivity index (χ3v) is 1.65. The quantitative estimate of drug-likeness (QED) is 0.745. The van der Waals surface area contributed by atoms with Crippen LogP contribution in [-0.2, 0) is 22.4 Å². The molecule has 0 saturated heterocycles. The molecular formula is C10H9O3. The Bertz CT molecular complexity index is 300. The largest absolute Gasteiger partial charge is 0.481 e. The van der Waals surface area contributed by atoms with E-state index in [0.717, 1.165) is 11.1 Å². The number of carbonyl (C=O) groups excluding carboxylic acids is 1. The summed E-state index contributed by atoms with van der Waals surface area (Å²) in [5, 5.41) is 8.48. The molecule has 0 aliphatic heterocycles. The van der Waals surface area contributed by atoms with Crippen LogP contribution in [0, 0.1) is 0 Å². The highest BCUT2D eigenvalue weighted by molar-refractivity contribution is 5.70. The van der Waals surface area contributed by atoms with Crippen LogP contribution >= 0.6 is 0 Å². The molecule has 1 aromatic rings. The summed E-state index contributed by atoms with van der Waals surface area (Å²) in [5.41, 5.74) is 1.59. The van der Waals surface area contributed by atoms with Crippen LogP contribution in [0.4, 0.5) is 0 Å². The second-order valence-corrected chi connectivity index (χ2v) is 2.71. The molecule has 0 aliphatic rings. The molecule has 0 amide bonds. The zero-order valence-electron chi connectivity index (χ0n) is 6.99. The third-order valence-electron chi connectivity index (χ3n) is 1.65. The maximum Gasteiger partial charge on any atom is 0.307 e. The Hall–Kier alpha value is -1.64. The first-order valence-corrected chi connectivity index (χ1v) is 3.87. The Morgan fingerprint density at radius 1 is 1.23 bits per heavy atom. The number of carboxylic acids is 1. The van der Waals surface area contributed by atoms with Gasteiger partial charge in [-0.25, -0.2) is 0 Å².